The summed E-state index contributed by atoms with van der Waals surface area (Å²) in [5, 5.41) is 0. The van der Waals surface area contributed by atoms with Gasteiger partial charge in [0.25, 0.3) is 0 Å². The minimum absolute atomic E-state index is 0.0521. The van der Waals surface area contributed by atoms with Gasteiger partial charge in [0.2, 0.25) is 0 Å². The van der Waals surface area contributed by atoms with Crippen LogP contribution in [0.3, 0.4) is 0 Å². The zero-order valence-electron chi connectivity index (χ0n) is 8.91. The molecule has 0 unspecified atom stereocenters. The number of rotatable bonds is 6. The number of ether oxygens (including phenoxy) is 1. The zero-order chi connectivity index (χ0) is 11.3. The molecule has 1 fully saturated rings. The zero-order valence-corrected chi connectivity index (χ0v) is 8.91. The van der Waals surface area contributed by atoms with E-state index in [9.17, 15) is 9.59 Å². The SMILES string of the molecule is CCOC(=O)/C(=C/C(=O)C1CC1)NOC. The Kier molecular flexibility index (Phi) is 4.30. The monoisotopic (exact) mass is 213 g/mol. The average Bonchev–Trinajstić information content (AvgIpc) is 3.00. The maximum atomic E-state index is 11.4. The van der Waals surface area contributed by atoms with Crippen molar-refractivity contribution in [3.05, 3.63) is 11.8 Å². The van der Waals surface area contributed by atoms with Gasteiger partial charge in [-0.1, -0.05) is 0 Å². The highest BCUT2D eigenvalue weighted by molar-refractivity contribution is 6.00. The van der Waals surface area contributed by atoms with E-state index in [1.165, 1.54) is 13.2 Å². The number of ketones is 1. The first-order valence-corrected chi connectivity index (χ1v) is 4.90. The van der Waals surface area contributed by atoms with Gasteiger partial charge in [0.05, 0.1) is 13.7 Å². The lowest BCUT2D eigenvalue weighted by Gasteiger charge is -2.06. The summed E-state index contributed by atoms with van der Waals surface area (Å²) in [6, 6.07) is 0. The number of hydrogen-bond acceptors (Lipinski definition) is 5. The van der Waals surface area contributed by atoms with E-state index in [0.29, 0.717) is 0 Å². The molecule has 0 atom stereocenters. The third kappa shape index (κ3) is 3.71. The summed E-state index contributed by atoms with van der Waals surface area (Å²) in [6.07, 6.45) is 3.05. The van der Waals surface area contributed by atoms with Gasteiger partial charge in [-0.3, -0.25) is 15.1 Å². The number of nitrogens with one attached hydrogen (secondary N) is 1. The largest absolute Gasteiger partial charge is 0.461 e. The van der Waals surface area contributed by atoms with E-state index < -0.39 is 5.97 Å². The summed E-state index contributed by atoms with van der Waals surface area (Å²) in [5.74, 6) is -0.552. The van der Waals surface area contributed by atoms with Gasteiger partial charge >= 0.3 is 5.97 Å². The van der Waals surface area contributed by atoms with Crippen LogP contribution in [0.5, 0.6) is 0 Å². The highest BCUT2D eigenvalue weighted by atomic mass is 16.6. The van der Waals surface area contributed by atoms with Gasteiger partial charge in [-0.25, -0.2) is 4.79 Å². The third-order valence-electron chi connectivity index (χ3n) is 1.97. The van der Waals surface area contributed by atoms with E-state index in [2.05, 4.69) is 10.3 Å². The summed E-state index contributed by atoms with van der Waals surface area (Å²) < 4.78 is 4.76. The van der Waals surface area contributed by atoms with Crippen LogP contribution in [0.1, 0.15) is 19.8 Å². The molecule has 0 radical (unpaired) electrons. The van der Waals surface area contributed by atoms with E-state index in [-0.39, 0.29) is 24.0 Å². The predicted octanol–water partition coefficient (Wildman–Crippen LogP) is 0.563. The smallest absolute Gasteiger partial charge is 0.356 e. The Labute approximate surface area is 88.4 Å². The fourth-order valence-electron chi connectivity index (χ4n) is 1.08. The van der Waals surface area contributed by atoms with Crippen LogP contribution in [0, 0.1) is 5.92 Å². The van der Waals surface area contributed by atoms with Crippen LogP contribution in [0.15, 0.2) is 11.8 Å². The molecule has 5 nitrogen and oxygen atoms in total. The van der Waals surface area contributed by atoms with E-state index in [0.717, 1.165) is 12.8 Å². The maximum absolute atomic E-state index is 11.4. The molecule has 1 rings (SSSR count). The predicted molar refractivity (Wildman–Crippen MR) is 52.6 cm³/mol. The Balaban J connectivity index is 2.61. The molecule has 15 heavy (non-hydrogen) atoms. The molecule has 0 bridgehead atoms. The molecule has 0 saturated heterocycles. The molecule has 0 heterocycles. The van der Waals surface area contributed by atoms with E-state index in [1.807, 2.05) is 0 Å². The van der Waals surface area contributed by atoms with Crippen molar-refractivity contribution in [2.75, 3.05) is 13.7 Å². The molecular weight excluding hydrogens is 198 g/mol. The number of carbonyl (C=O) groups excluding carboxylic acids is 2. The van der Waals surface area contributed by atoms with Crippen LogP contribution in [0.25, 0.3) is 0 Å². The van der Waals surface area contributed by atoms with E-state index in [4.69, 9.17) is 4.74 Å². The minimum Gasteiger partial charge on any atom is -0.461 e. The Morgan fingerprint density at radius 1 is 1.47 bits per heavy atom. The highest BCUT2D eigenvalue weighted by Gasteiger charge is 2.29. The van der Waals surface area contributed by atoms with Crippen molar-refractivity contribution in [3.8, 4) is 0 Å². The van der Waals surface area contributed by atoms with Gasteiger partial charge < -0.3 is 4.74 Å². The van der Waals surface area contributed by atoms with Gasteiger partial charge in [-0.2, -0.15) is 0 Å². The number of carbonyl (C=O) groups is 2. The maximum Gasteiger partial charge on any atom is 0.356 e. The first-order chi connectivity index (χ1) is 7.19. The lowest BCUT2D eigenvalue weighted by molar-refractivity contribution is -0.140. The molecular formula is C10H15NO4. The topological polar surface area (TPSA) is 64.6 Å². The molecule has 0 aromatic heterocycles. The average molecular weight is 213 g/mol. The summed E-state index contributed by atoms with van der Waals surface area (Å²) in [7, 11) is 1.37. The molecule has 84 valence electrons. The fourth-order valence-corrected chi connectivity index (χ4v) is 1.08. The molecule has 1 saturated carbocycles. The van der Waals surface area contributed by atoms with Crippen LogP contribution >= 0.6 is 0 Å². The van der Waals surface area contributed by atoms with E-state index >= 15 is 0 Å². The molecule has 0 amide bonds. The summed E-state index contributed by atoms with van der Waals surface area (Å²) in [4.78, 5) is 27.3. The van der Waals surface area contributed by atoms with Crippen LogP contribution < -0.4 is 5.48 Å². The van der Waals surface area contributed by atoms with Gasteiger partial charge in [0.1, 0.15) is 5.70 Å². The van der Waals surface area contributed by atoms with Crippen LogP contribution in [0.2, 0.25) is 0 Å². The molecule has 1 N–H and O–H groups in total. The number of hydroxylamine groups is 1. The molecule has 0 aromatic carbocycles. The third-order valence-corrected chi connectivity index (χ3v) is 1.97. The minimum atomic E-state index is -0.576. The lowest BCUT2D eigenvalue weighted by Crippen LogP contribution is -2.23. The number of allylic oxidation sites excluding steroid dienone is 1. The summed E-state index contributed by atoms with van der Waals surface area (Å²) in [5.41, 5.74) is 2.40. The number of hydrogen-bond donors (Lipinski definition) is 1. The fraction of sp³-hybridized carbons (Fsp3) is 0.600. The quantitative estimate of drug-likeness (QED) is 0.397. The molecule has 0 aromatic rings. The Bertz CT molecular complexity index is 281. The highest BCUT2D eigenvalue weighted by Crippen LogP contribution is 2.30. The van der Waals surface area contributed by atoms with E-state index in [1.54, 1.807) is 6.92 Å². The number of esters is 1. The van der Waals surface area contributed by atoms with Crippen molar-refractivity contribution in [3.63, 3.8) is 0 Å². The Morgan fingerprint density at radius 3 is 2.60 bits per heavy atom. The van der Waals surface area contributed by atoms with Gasteiger partial charge in [-0.05, 0) is 19.8 Å². The molecule has 1 aliphatic rings. The van der Waals surface area contributed by atoms with Crippen LogP contribution in [0.4, 0.5) is 0 Å². The van der Waals surface area contributed by atoms with Crippen molar-refractivity contribution < 1.29 is 19.2 Å². The second-order valence-corrected chi connectivity index (χ2v) is 3.26. The Morgan fingerprint density at radius 2 is 2.13 bits per heavy atom. The van der Waals surface area contributed by atoms with Gasteiger partial charge in [0, 0.05) is 12.0 Å². The van der Waals surface area contributed by atoms with Crippen molar-refractivity contribution in [1.29, 1.82) is 0 Å². The molecule has 0 aliphatic heterocycles. The normalized spacial score (nSPS) is 16.0. The van der Waals surface area contributed by atoms with Crippen molar-refractivity contribution in [1.82, 2.24) is 5.48 Å². The molecule has 0 spiro atoms. The first-order valence-electron chi connectivity index (χ1n) is 4.90. The molecule has 1 aliphatic carbocycles. The van der Waals surface area contributed by atoms with Crippen molar-refractivity contribution >= 4 is 11.8 Å². The molecule has 5 heteroatoms. The van der Waals surface area contributed by atoms with Gasteiger partial charge in [-0.15, -0.1) is 0 Å². The van der Waals surface area contributed by atoms with Crippen LogP contribution in [-0.2, 0) is 19.2 Å². The van der Waals surface area contributed by atoms with Crippen LogP contribution in [-0.4, -0.2) is 25.5 Å². The Hall–Kier alpha value is -1.36. The summed E-state index contributed by atoms with van der Waals surface area (Å²) >= 11 is 0. The van der Waals surface area contributed by atoms with Gasteiger partial charge in [0.15, 0.2) is 5.78 Å². The summed E-state index contributed by atoms with van der Waals surface area (Å²) in [6.45, 7) is 1.96. The van der Waals surface area contributed by atoms with Crippen molar-refractivity contribution in [2.45, 2.75) is 19.8 Å². The van der Waals surface area contributed by atoms with Crippen molar-refractivity contribution in [2.24, 2.45) is 5.92 Å². The first kappa shape index (κ1) is 11.7. The lowest BCUT2D eigenvalue weighted by atomic mass is 10.2. The second-order valence-electron chi connectivity index (χ2n) is 3.26. The second kappa shape index (κ2) is 5.50. The standard InChI is InChI=1S/C10H15NO4/c1-3-15-10(13)8(11-14-2)6-9(12)7-4-5-7/h6-7,11H,3-5H2,1-2H3/b8-6-.